The zero-order valence-corrected chi connectivity index (χ0v) is 15.3. The minimum absolute atomic E-state index is 0.0201. The van der Waals surface area contributed by atoms with Crippen molar-refractivity contribution in [3.63, 3.8) is 0 Å². The van der Waals surface area contributed by atoms with Gasteiger partial charge in [0, 0.05) is 6.54 Å². The van der Waals surface area contributed by atoms with Crippen LogP contribution in [0.3, 0.4) is 0 Å². The van der Waals surface area contributed by atoms with Crippen LogP contribution in [0, 0.1) is 0 Å². The second-order valence-corrected chi connectivity index (χ2v) is 11.0. The molecule has 2 N–H and O–H groups in total. The van der Waals surface area contributed by atoms with Crippen molar-refractivity contribution in [1.29, 1.82) is 0 Å². The Bertz CT molecular complexity index is 578. The van der Waals surface area contributed by atoms with E-state index in [9.17, 15) is 0 Å². The maximum absolute atomic E-state index is 6.66. The number of rotatable bonds is 6. The van der Waals surface area contributed by atoms with Crippen LogP contribution in [0.2, 0.25) is 5.04 Å². The van der Waals surface area contributed by atoms with Crippen LogP contribution in [0.4, 0.5) is 0 Å². The highest BCUT2D eigenvalue weighted by Crippen LogP contribution is 2.36. The lowest BCUT2D eigenvalue weighted by Gasteiger charge is -2.42. The summed E-state index contributed by atoms with van der Waals surface area (Å²) in [5.74, 6) is 0. The Kier molecular flexibility index (Phi) is 5.94. The van der Waals surface area contributed by atoms with E-state index in [0.717, 1.165) is 0 Å². The predicted octanol–water partition coefficient (Wildman–Crippen LogP) is 3.08. The van der Waals surface area contributed by atoms with Gasteiger partial charge in [-0.2, -0.15) is 0 Å². The van der Waals surface area contributed by atoms with Gasteiger partial charge in [0.15, 0.2) is 0 Å². The van der Waals surface area contributed by atoms with Crippen molar-refractivity contribution < 1.29 is 4.43 Å². The summed E-state index contributed by atoms with van der Waals surface area (Å²) in [6.45, 7) is 7.98. The molecule has 2 nitrogen and oxygen atoms in total. The molecule has 0 aliphatic heterocycles. The Labute approximate surface area is 141 Å². The Morgan fingerprint density at radius 2 is 1.35 bits per heavy atom. The van der Waals surface area contributed by atoms with E-state index >= 15 is 0 Å². The number of benzene rings is 2. The van der Waals surface area contributed by atoms with Crippen molar-refractivity contribution in [3.05, 3.63) is 72.8 Å². The Hall–Kier alpha value is -1.68. The fraction of sp³-hybridized carbons (Fsp3) is 0.300. The molecule has 122 valence electrons. The van der Waals surface area contributed by atoms with Gasteiger partial charge in [0.2, 0.25) is 0 Å². The van der Waals surface area contributed by atoms with Crippen molar-refractivity contribution in [2.45, 2.75) is 25.8 Å². The van der Waals surface area contributed by atoms with Gasteiger partial charge in [-0.1, -0.05) is 93.6 Å². The summed E-state index contributed by atoms with van der Waals surface area (Å²) in [4.78, 5) is 0. The molecule has 2 rings (SSSR count). The molecule has 0 aliphatic rings. The van der Waals surface area contributed by atoms with Crippen LogP contribution >= 0.6 is 0 Å². The molecule has 23 heavy (non-hydrogen) atoms. The highest BCUT2D eigenvalue weighted by atomic mass is 28.4. The molecule has 0 spiro atoms. The van der Waals surface area contributed by atoms with E-state index in [4.69, 9.17) is 10.2 Å². The first-order chi connectivity index (χ1) is 11.0. The van der Waals surface area contributed by atoms with Crippen LogP contribution in [0.15, 0.2) is 72.8 Å². The lowest BCUT2D eigenvalue weighted by atomic mass is 10.2. The summed E-state index contributed by atoms with van der Waals surface area (Å²) < 4.78 is 6.66. The van der Waals surface area contributed by atoms with Gasteiger partial charge >= 0.3 is 0 Å². The van der Waals surface area contributed by atoms with Gasteiger partial charge in [-0.3, -0.25) is 0 Å². The smallest absolute Gasteiger partial charge is 0.261 e. The molecule has 0 aliphatic carbocycles. The average molecular weight is 326 g/mol. The molecule has 2 aromatic carbocycles. The quantitative estimate of drug-likeness (QED) is 0.654. The van der Waals surface area contributed by atoms with Crippen molar-refractivity contribution in [2.75, 3.05) is 13.2 Å². The van der Waals surface area contributed by atoms with Gasteiger partial charge in [0.1, 0.15) is 0 Å². The molecule has 0 amide bonds. The zero-order valence-electron chi connectivity index (χ0n) is 14.3. The van der Waals surface area contributed by atoms with E-state index in [-0.39, 0.29) is 5.04 Å². The van der Waals surface area contributed by atoms with Crippen molar-refractivity contribution in [2.24, 2.45) is 5.73 Å². The molecule has 0 atom stereocenters. The lowest BCUT2D eigenvalue weighted by molar-refractivity contribution is 0.339. The van der Waals surface area contributed by atoms with Crippen LogP contribution < -0.4 is 16.1 Å². The van der Waals surface area contributed by atoms with Crippen LogP contribution in [0.1, 0.15) is 20.8 Å². The first kappa shape index (κ1) is 17.7. The summed E-state index contributed by atoms with van der Waals surface area (Å²) in [6.07, 6.45) is 3.98. The number of nitrogens with two attached hydrogens (primary N) is 1. The fourth-order valence-corrected chi connectivity index (χ4v) is 7.60. The van der Waals surface area contributed by atoms with E-state index in [1.807, 2.05) is 12.2 Å². The molecule has 3 heteroatoms. The van der Waals surface area contributed by atoms with E-state index in [0.29, 0.717) is 13.2 Å². The lowest BCUT2D eigenvalue weighted by Crippen LogP contribution is -2.66. The van der Waals surface area contributed by atoms with Gasteiger partial charge in [-0.05, 0) is 15.4 Å². The van der Waals surface area contributed by atoms with Gasteiger partial charge in [-0.25, -0.2) is 0 Å². The zero-order chi connectivity index (χ0) is 16.8. The van der Waals surface area contributed by atoms with E-state index in [1.54, 1.807) is 0 Å². The van der Waals surface area contributed by atoms with Crippen LogP contribution in [-0.4, -0.2) is 21.5 Å². The van der Waals surface area contributed by atoms with E-state index < -0.39 is 8.32 Å². The summed E-state index contributed by atoms with van der Waals surface area (Å²) >= 11 is 0. The number of hydrogen-bond donors (Lipinski definition) is 1. The molecule has 0 saturated carbocycles. The molecule has 0 radical (unpaired) electrons. The van der Waals surface area contributed by atoms with Gasteiger partial charge in [0.05, 0.1) is 6.61 Å². The molecule has 0 aromatic heterocycles. The Morgan fingerprint density at radius 1 is 0.870 bits per heavy atom. The second kappa shape index (κ2) is 7.73. The standard InChI is InChI=1S/C20H27NOSi/c1-20(2,3)23(22-17-11-10-16-21,18-12-6-4-7-13-18)19-14-8-5-9-15-19/h4-15H,16-17,21H2,1-3H3/b11-10+. The molecule has 2 aromatic rings. The second-order valence-electron chi connectivity index (χ2n) is 6.68. The summed E-state index contributed by atoms with van der Waals surface area (Å²) in [5, 5.41) is 2.63. The third-order valence-corrected chi connectivity index (χ3v) is 9.12. The highest BCUT2D eigenvalue weighted by molar-refractivity contribution is 6.99. The van der Waals surface area contributed by atoms with Crippen molar-refractivity contribution in [1.82, 2.24) is 0 Å². The number of hydrogen-bond acceptors (Lipinski definition) is 2. The summed E-state index contributed by atoms with van der Waals surface area (Å²) in [5.41, 5.74) is 5.56. The average Bonchev–Trinajstić information content (AvgIpc) is 2.55. The summed E-state index contributed by atoms with van der Waals surface area (Å²) in [6, 6.07) is 21.4. The third-order valence-electron chi connectivity index (χ3n) is 4.12. The van der Waals surface area contributed by atoms with Gasteiger partial charge < -0.3 is 10.2 Å². The minimum atomic E-state index is -2.39. The normalized spacial score (nSPS) is 12.7. The van der Waals surface area contributed by atoms with Crippen LogP contribution in [0.25, 0.3) is 0 Å². The third kappa shape index (κ3) is 3.81. The monoisotopic (exact) mass is 325 g/mol. The maximum atomic E-state index is 6.66. The van der Waals surface area contributed by atoms with Gasteiger partial charge in [-0.15, -0.1) is 0 Å². The first-order valence-corrected chi connectivity index (χ1v) is 10.0. The highest BCUT2D eigenvalue weighted by Gasteiger charge is 2.49. The molecule has 0 fully saturated rings. The first-order valence-electron chi connectivity index (χ1n) is 8.12. The topological polar surface area (TPSA) is 35.2 Å². The van der Waals surface area contributed by atoms with Crippen LogP contribution in [0.5, 0.6) is 0 Å². The molecule has 0 heterocycles. The SMILES string of the molecule is CC(C)(C)[Si](OC/C=C/CN)(c1ccccc1)c1ccccc1. The Balaban J connectivity index is 2.57. The minimum Gasteiger partial charge on any atom is -0.404 e. The van der Waals surface area contributed by atoms with Crippen LogP contribution in [-0.2, 0) is 4.43 Å². The van der Waals surface area contributed by atoms with E-state index in [2.05, 4.69) is 81.4 Å². The molecule has 0 saturated heterocycles. The molecule has 0 unspecified atom stereocenters. The molecule has 0 bridgehead atoms. The Morgan fingerprint density at radius 3 is 1.74 bits per heavy atom. The summed E-state index contributed by atoms with van der Waals surface area (Å²) in [7, 11) is -2.39. The largest absolute Gasteiger partial charge is 0.404 e. The fourth-order valence-electron chi connectivity index (χ4n) is 3.10. The predicted molar refractivity (Wildman–Crippen MR) is 102 cm³/mol. The van der Waals surface area contributed by atoms with E-state index in [1.165, 1.54) is 10.4 Å². The van der Waals surface area contributed by atoms with Crippen molar-refractivity contribution >= 4 is 18.7 Å². The van der Waals surface area contributed by atoms with Crippen molar-refractivity contribution in [3.8, 4) is 0 Å². The molecular formula is C20H27NOSi. The maximum Gasteiger partial charge on any atom is 0.261 e. The van der Waals surface area contributed by atoms with Gasteiger partial charge in [0.25, 0.3) is 8.32 Å². The molecular weight excluding hydrogens is 298 g/mol.